The molecule has 0 aromatic carbocycles. The molecule has 1 unspecified atom stereocenters. The smallest absolute Gasteiger partial charge is 0.283 e. The normalized spacial score (nSPS) is 16.4. The van der Waals surface area contributed by atoms with Crippen LogP contribution in [0.1, 0.15) is 33.1 Å². The Kier molecular flexibility index (Phi) is 5.21. The second-order valence-electron chi connectivity index (χ2n) is 6.01. The molecule has 1 aliphatic carbocycles. The second kappa shape index (κ2) is 6.72. The molecule has 5 nitrogen and oxygen atoms in total. The van der Waals surface area contributed by atoms with Crippen LogP contribution >= 0.6 is 15.9 Å². The molecule has 3 N–H and O–H groups in total. The Labute approximate surface area is 128 Å². The van der Waals surface area contributed by atoms with Crippen LogP contribution in [0.25, 0.3) is 0 Å². The van der Waals surface area contributed by atoms with Crippen molar-refractivity contribution in [2.45, 2.75) is 45.7 Å². The summed E-state index contributed by atoms with van der Waals surface area (Å²) in [5.74, 6) is 1.18. The fourth-order valence-electron chi connectivity index (χ4n) is 2.24. The first-order chi connectivity index (χ1) is 9.51. The lowest BCUT2D eigenvalue weighted by molar-refractivity contribution is 0.516. The van der Waals surface area contributed by atoms with Gasteiger partial charge >= 0.3 is 0 Å². The van der Waals surface area contributed by atoms with Crippen LogP contribution < -0.4 is 16.6 Å². The number of aromatic nitrogens is 2. The van der Waals surface area contributed by atoms with Crippen LogP contribution in [0.15, 0.2) is 15.5 Å². The summed E-state index contributed by atoms with van der Waals surface area (Å²) in [5.41, 5.74) is 6.45. The Hall–Kier alpha value is -0.880. The van der Waals surface area contributed by atoms with Crippen molar-refractivity contribution in [2.24, 2.45) is 17.6 Å². The van der Waals surface area contributed by atoms with Crippen LogP contribution in [0.4, 0.5) is 5.69 Å². The summed E-state index contributed by atoms with van der Waals surface area (Å²) in [7, 11) is 0. The molecule has 1 aromatic heterocycles. The average molecular weight is 343 g/mol. The summed E-state index contributed by atoms with van der Waals surface area (Å²) in [5, 5.41) is 7.57. The summed E-state index contributed by atoms with van der Waals surface area (Å²) in [6.07, 6.45) is 5.09. The number of nitrogens with two attached hydrogens (primary N) is 1. The lowest BCUT2D eigenvalue weighted by atomic mass is 10.0. The van der Waals surface area contributed by atoms with E-state index in [2.05, 4.69) is 40.2 Å². The molecule has 112 valence electrons. The number of anilines is 1. The third-order valence-electron chi connectivity index (χ3n) is 3.51. The van der Waals surface area contributed by atoms with Crippen LogP contribution in [0.3, 0.4) is 0 Å². The van der Waals surface area contributed by atoms with Gasteiger partial charge in [0.2, 0.25) is 0 Å². The minimum atomic E-state index is -0.0674. The van der Waals surface area contributed by atoms with E-state index in [1.165, 1.54) is 12.8 Å². The number of rotatable bonds is 7. The predicted molar refractivity (Wildman–Crippen MR) is 84.8 cm³/mol. The summed E-state index contributed by atoms with van der Waals surface area (Å²) in [4.78, 5) is 12.2. The van der Waals surface area contributed by atoms with Gasteiger partial charge in [-0.15, -0.1) is 0 Å². The molecule has 0 saturated heterocycles. The van der Waals surface area contributed by atoms with Gasteiger partial charge in [-0.25, -0.2) is 4.68 Å². The number of nitrogens with one attached hydrogen (secondary N) is 1. The van der Waals surface area contributed by atoms with Crippen LogP contribution in [0, 0.1) is 11.8 Å². The van der Waals surface area contributed by atoms with Crippen molar-refractivity contribution in [3.05, 3.63) is 21.0 Å². The van der Waals surface area contributed by atoms with Crippen molar-refractivity contribution in [2.75, 3.05) is 11.9 Å². The van der Waals surface area contributed by atoms with Crippen LogP contribution in [-0.4, -0.2) is 22.4 Å². The molecule has 20 heavy (non-hydrogen) atoms. The van der Waals surface area contributed by atoms with Crippen LogP contribution in [0.5, 0.6) is 0 Å². The van der Waals surface area contributed by atoms with Gasteiger partial charge < -0.3 is 11.1 Å². The van der Waals surface area contributed by atoms with Crippen molar-refractivity contribution in [3.8, 4) is 0 Å². The largest absolute Gasteiger partial charge is 0.379 e. The zero-order chi connectivity index (χ0) is 14.7. The fraction of sp³-hybridized carbons (Fsp3) is 0.714. The molecule has 2 rings (SSSR count). The molecule has 0 spiro atoms. The maximum atomic E-state index is 12.2. The van der Waals surface area contributed by atoms with Crippen molar-refractivity contribution in [3.63, 3.8) is 0 Å². The van der Waals surface area contributed by atoms with E-state index in [-0.39, 0.29) is 11.6 Å². The quantitative estimate of drug-likeness (QED) is 0.796. The number of hydrogen-bond acceptors (Lipinski definition) is 4. The molecule has 1 atom stereocenters. The monoisotopic (exact) mass is 342 g/mol. The Morgan fingerprint density at radius 2 is 2.25 bits per heavy atom. The standard InChI is InChI=1S/C14H23BrN4O/c1-9(2)5-11(6-16)18-12-7-17-19(8-10-3-4-10)14(20)13(12)15/h7,9-11,18H,3-6,8,16H2,1-2H3. The van der Waals surface area contributed by atoms with E-state index >= 15 is 0 Å². The maximum Gasteiger partial charge on any atom is 0.283 e. The van der Waals surface area contributed by atoms with E-state index in [4.69, 9.17) is 5.73 Å². The lowest BCUT2D eigenvalue weighted by Gasteiger charge is -2.20. The van der Waals surface area contributed by atoms with E-state index in [0.29, 0.717) is 22.9 Å². The lowest BCUT2D eigenvalue weighted by Crippen LogP contribution is -2.32. The Bertz CT molecular complexity index is 510. The molecule has 0 amide bonds. The summed E-state index contributed by atoms with van der Waals surface area (Å²) in [6, 6.07) is 0.159. The molecular formula is C14H23BrN4O. The Morgan fingerprint density at radius 3 is 2.80 bits per heavy atom. The number of hydrogen-bond donors (Lipinski definition) is 2. The topological polar surface area (TPSA) is 72.9 Å². The predicted octanol–water partition coefficient (Wildman–Crippen LogP) is 2.20. The van der Waals surface area contributed by atoms with Gasteiger partial charge in [-0.2, -0.15) is 5.10 Å². The van der Waals surface area contributed by atoms with Gasteiger partial charge in [0.15, 0.2) is 0 Å². The first-order valence-electron chi connectivity index (χ1n) is 7.23. The van der Waals surface area contributed by atoms with E-state index in [1.807, 2.05) is 0 Å². The van der Waals surface area contributed by atoms with Gasteiger partial charge in [0.05, 0.1) is 11.9 Å². The van der Waals surface area contributed by atoms with E-state index < -0.39 is 0 Å². The van der Waals surface area contributed by atoms with Crippen LogP contribution in [0.2, 0.25) is 0 Å². The first kappa shape index (κ1) is 15.5. The summed E-state index contributed by atoms with van der Waals surface area (Å²) in [6.45, 7) is 5.58. The van der Waals surface area contributed by atoms with Crippen molar-refractivity contribution >= 4 is 21.6 Å². The third kappa shape index (κ3) is 4.06. The second-order valence-corrected chi connectivity index (χ2v) is 6.80. The van der Waals surface area contributed by atoms with Gasteiger partial charge in [-0.1, -0.05) is 13.8 Å². The molecule has 6 heteroatoms. The molecule has 1 saturated carbocycles. The molecule has 0 aliphatic heterocycles. The molecule has 0 bridgehead atoms. The zero-order valence-corrected chi connectivity index (χ0v) is 13.7. The summed E-state index contributed by atoms with van der Waals surface area (Å²) >= 11 is 3.39. The SMILES string of the molecule is CC(C)CC(CN)Nc1cnn(CC2CC2)c(=O)c1Br. The van der Waals surface area contributed by atoms with Crippen molar-refractivity contribution in [1.29, 1.82) is 0 Å². The molecule has 1 aromatic rings. The Balaban J connectivity index is 2.11. The van der Waals surface area contributed by atoms with Crippen LogP contribution in [-0.2, 0) is 6.54 Å². The Morgan fingerprint density at radius 1 is 1.55 bits per heavy atom. The summed E-state index contributed by atoms with van der Waals surface area (Å²) < 4.78 is 2.10. The van der Waals surface area contributed by atoms with Gasteiger partial charge in [0.25, 0.3) is 5.56 Å². The minimum absolute atomic E-state index is 0.0674. The molecule has 0 radical (unpaired) electrons. The minimum Gasteiger partial charge on any atom is -0.379 e. The van der Waals surface area contributed by atoms with E-state index in [1.54, 1.807) is 10.9 Å². The average Bonchev–Trinajstić information content (AvgIpc) is 3.20. The first-order valence-corrected chi connectivity index (χ1v) is 8.02. The maximum absolute atomic E-state index is 12.2. The van der Waals surface area contributed by atoms with Gasteiger partial charge in [-0.3, -0.25) is 4.79 Å². The van der Waals surface area contributed by atoms with Gasteiger partial charge in [-0.05, 0) is 47.0 Å². The highest BCUT2D eigenvalue weighted by Gasteiger charge is 2.23. The van der Waals surface area contributed by atoms with Gasteiger partial charge in [0, 0.05) is 19.1 Å². The fourth-order valence-corrected chi connectivity index (χ4v) is 2.67. The highest BCUT2D eigenvalue weighted by Crippen LogP contribution is 2.30. The van der Waals surface area contributed by atoms with Crippen molar-refractivity contribution in [1.82, 2.24) is 9.78 Å². The van der Waals surface area contributed by atoms with Gasteiger partial charge in [0.1, 0.15) is 4.47 Å². The highest BCUT2D eigenvalue weighted by atomic mass is 79.9. The molecule has 1 fully saturated rings. The molecule has 1 aliphatic rings. The molecular weight excluding hydrogens is 320 g/mol. The van der Waals surface area contributed by atoms with E-state index in [0.717, 1.165) is 18.7 Å². The zero-order valence-electron chi connectivity index (χ0n) is 12.1. The number of nitrogens with zero attached hydrogens (tertiary/aromatic N) is 2. The third-order valence-corrected chi connectivity index (χ3v) is 4.28. The number of halogens is 1. The highest BCUT2D eigenvalue weighted by molar-refractivity contribution is 9.10. The van der Waals surface area contributed by atoms with E-state index in [9.17, 15) is 4.79 Å². The van der Waals surface area contributed by atoms with Crippen molar-refractivity contribution < 1.29 is 0 Å². The molecule has 1 heterocycles.